The van der Waals surface area contributed by atoms with Crippen molar-refractivity contribution in [3.05, 3.63) is 0 Å². The highest BCUT2D eigenvalue weighted by Gasteiger charge is 2.32. The minimum atomic E-state index is 0.0880. The number of hydrogen-bond acceptors (Lipinski definition) is 3. The Labute approximate surface area is 110 Å². The van der Waals surface area contributed by atoms with E-state index in [1.165, 1.54) is 19.3 Å². The Morgan fingerprint density at radius 1 is 1.11 bits per heavy atom. The van der Waals surface area contributed by atoms with Gasteiger partial charge in [-0.05, 0) is 40.3 Å². The molecule has 0 bridgehead atoms. The predicted octanol–water partition coefficient (Wildman–Crippen LogP) is 1.50. The number of carbonyl (C=O) groups excluding carboxylic acids is 1. The van der Waals surface area contributed by atoms with Crippen LogP contribution >= 0.6 is 0 Å². The second-order valence-electron chi connectivity index (χ2n) is 5.85. The van der Waals surface area contributed by atoms with Gasteiger partial charge in [0.05, 0.1) is 18.2 Å². The molecule has 0 saturated carbocycles. The Morgan fingerprint density at radius 2 is 1.78 bits per heavy atom. The lowest BCUT2D eigenvalue weighted by molar-refractivity contribution is -0.148. The third-order valence-electron chi connectivity index (χ3n) is 4.04. The van der Waals surface area contributed by atoms with Crippen LogP contribution in [0.25, 0.3) is 0 Å². The zero-order valence-electron chi connectivity index (χ0n) is 11.9. The van der Waals surface area contributed by atoms with Crippen molar-refractivity contribution in [1.29, 1.82) is 0 Å². The molecule has 1 amide bonds. The molecule has 4 heteroatoms. The van der Waals surface area contributed by atoms with Crippen molar-refractivity contribution >= 4 is 5.91 Å². The summed E-state index contributed by atoms with van der Waals surface area (Å²) in [5, 5.41) is 0. The number of rotatable bonds is 1. The summed E-state index contributed by atoms with van der Waals surface area (Å²) in [4.78, 5) is 16.9. The van der Waals surface area contributed by atoms with E-state index in [1.807, 2.05) is 18.7 Å². The molecule has 2 rings (SSSR count). The van der Waals surface area contributed by atoms with E-state index in [0.717, 1.165) is 26.1 Å². The van der Waals surface area contributed by atoms with Crippen LogP contribution in [0.15, 0.2) is 0 Å². The molecule has 0 aromatic heterocycles. The number of amides is 1. The summed E-state index contributed by atoms with van der Waals surface area (Å²) < 4.78 is 5.70. The van der Waals surface area contributed by atoms with Gasteiger partial charge in [0.1, 0.15) is 0 Å². The van der Waals surface area contributed by atoms with Gasteiger partial charge >= 0.3 is 0 Å². The predicted molar refractivity (Wildman–Crippen MR) is 71.5 cm³/mol. The molecular formula is C14H26N2O2. The van der Waals surface area contributed by atoms with Gasteiger partial charge in [0, 0.05) is 13.1 Å². The van der Waals surface area contributed by atoms with Gasteiger partial charge in [0.15, 0.2) is 0 Å². The second kappa shape index (κ2) is 6.02. The van der Waals surface area contributed by atoms with Crippen molar-refractivity contribution in [2.24, 2.45) is 0 Å². The largest absolute Gasteiger partial charge is 0.372 e. The zero-order valence-corrected chi connectivity index (χ0v) is 11.9. The van der Waals surface area contributed by atoms with Crippen molar-refractivity contribution in [2.75, 3.05) is 26.7 Å². The maximum absolute atomic E-state index is 12.6. The lowest BCUT2D eigenvalue weighted by Gasteiger charge is -2.38. The highest BCUT2D eigenvalue weighted by molar-refractivity contribution is 5.82. The van der Waals surface area contributed by atoms with Crippen LogP contribution in [0.4, 0.5) is 0 Å². The molecule has 2 heterocycles. The molecule has 0 aromatic carbocycles. The van der Waals surface area contributed by atoms with Gasteiger partial charge in [-0.15, -0.1) is 0 Å². The van der Waals surface area contributed by atoms with E-state index in [1.54, 1.807) is 0 Å². The normalized spacial score (nSPS) is 35.3. The molecule has 0 spiro atoms. The topological polar surface area (TPSA) is 32.8 Å². The fourth-order valence-corrected chi connectivity index (χ4v) is 3.13. The Hall–Kier alpha value is -0.610. The van der Waals surface area contributed by atoms with Crippen molar-refractivity contribution < 1.29 is 9.53 Å². The van der Waals surface area contributed by atoms with Gasteiger partial charge in [-0.2, -0.15) is 0 Å². The molecule has 1 unspecified atom stereocenters. The molecule has 4 nitrogen and oxygen atoms in total. The summed E-state index contributed by atoms with van der Waals surface area (Å²) >= 11 is 0. The number of likely N-dealkylation sites (tertiary alicyclic amines) is 1. The van der Waals surface area contributed by atoms with Crippen LogP contribution in [0, 0.1) is 0 Å². The quantitative estimate of drug-likeness (QED) is 0.711. The van der Waals surface area contributed by atoms with Gasteiger partial charge in [0.2, 0.25) is 5.91 Å². The summed E-state index contributed by atoms with van der Waals surface area (Å²) in [5.41, 5.74) is 0. The molecule has 0 radical (unpaired) electrons. The second-order valence-corrected chi connectivity index (χ2v) is 5.85. The molecule has 2 saturated heterocycles. The van der Waals surface area contributed by atoms with Crippen LogP contribution in [0.5, 0.6) is 0 Å². The van der Waals surface area contributed by atoms with E-state index in [9.17, 15) is 4.79 Å². The third kappa shape index (κ3) is 3.23. The lowest BCUT2D eigenvalue weighted by Crippen LogP contribution is -2.54. The number of ether oxygens (including phenoxy) is 1. The maximum atomic E-state index is 12.6. The molecule has 0 N–H and O–H groups in total. The molecule has 0 aliphatic carbocycles. The van der Waals surface area contributed by atoms with Crippen LogP contribution in [-0.2, 0) is 9.53 Å². The lowest BCUT2D eigenvalue weighted by atomic mass is 10.1. The molecule has 3 atom stereocenters. The van der Waals surface area contributed by atoms with Crippen LogP contribution in [0.2, 0.25) is 0 Å². The smallest absolute Gasteiger partial charge is 0.240 e. The van der Waals surface area contributed by atoms with Crippen molar-refractivity contribution in [1.82, 2.24) is 9.80 Å². The van der Waals surface area contributed by atoms with Crippen LogP contribution in [0.1, 0.15) is 39.5 Å². The number of hydrogen-bond donors (Lipinski definition) is 0. The van der Waals surface area contributed by atoms with Crippen molar-refractivity contribution in [3.63, 3.8) is 0 Å². The first-order valence-corrected chi connectivity index (χ1v) is 7.22. The first-order valence-electron chi connectivity index (χ1n) is 7.22. The van der Waals surface area contributed by atoms with E-state index < -0.39 is 0 Å². The Bertz CT molecular complexity index is 286. The Morgan fingerprint density at radius 3 is 2.44 bits per heavy atom. The number of nitrogens with zero attached hydrogens (tertiary/aromatic N) is 2. The Kier molecular flexibility index (Phi) is 4.62. The highest BCUT2D eigenvalue weighted by Crippen LogP contribution is 2.19. The minimum Gasteiger partial charge on any atom is -0.372 e. The molecule has 2 fully saturated rings. The average Bonchev–Trinajstić information content (AvgIpc) is 2.51. The first-order chi connectivity index (χ1) is 8.58. The molecule has 18 heavy (non-hydrogen) atoms. The number of morpholine rings is 1. The van der Waals surface area contributed by atoms with Gasteiger partial charge in [-0.25, -0.2) is 0 Å². The summed E-state index contributed by atoms with van der Waals surface area (Å²) in [7, 11) is 2.08. The first kappa shape index (κ1) is 13.8. The van der Waals surface area contributed by atoms with Crippen molar-refractivity contribution in [3.8, 4) is 0 Å². The van der Waals surface area contributed by atoms with Crippen LogP contribution in [-0.4, -0.2) is 60.6 Å². The molecular weight excluding hydrogens is 228 g/mol. The standard InChI is InChI=1S/C14H26N2O2/c1-11-9-16(10-12(2)18-11)14(17)13-7-5-4-6-8-15(13)3/h11-13H,4-10H2,1-3H3/t11-,12+,13?. The average molecular weight is 254 g/mol. The van der Waals surface area contributed by atoms with E-state index in [0.29, 0.717) is 5.91 Å². The van der Waals surface area contributed by atoms with E-state index in [-0.39, 0.29) is 18.2 Å². The summed E-state index contributed by atoms with van der Waals surface area (Å²) in [5.74, 6) is 0.307. The summed E-state index contributed by atoms with van der Waals surface area (Å²) in [6, 6.07) is 0.0880. The SMILES string of the molecule is C[C@@H]1CN(C(=O)C2CCCCCN2C)C[C@H](C)O1. The fraction of sp³-hybridized carbons (Fsp3) is 0.929. The minimum absolute atomic E-state index is 0.0880. The highest BCUT2D eigenvalue weighted by atomic mass is 16.5. The fourth-order valence-electron chi connectivity index (χ4n) is 3.13. The van der Waals surface area contributed by atoms with E-state index >= 15 is 0 Å². The monoisotopic (exact) mass is 254 g/mol. The van der Waals surface area contributed by atoms with Gasteiger partial charge in [-0.1, -0.05) is 12.8 Å². The van der Waals surface area contributed by atoms with Crippen LogP contribution in [0.3, 0.4) is 0 Å². The maximum Gasteiger partial charge on any atom is 0.240 e. The van der Waals surface area contributed by atoms with Gasteiger partial charge in [0.25, 0.3) is 0 Å². The molecule has 104 valence electrons. The van der Waals surface area contributed by atoms with Gasteiger partial charge in [-0.3, -0.25) is 9.69 Å². The molecule has 2 aliphatic rings. The Balaban J connectivity index is 2.00. The molecule has 2 aliphatic heterocycles. The summed E-state index contributed by atoms with van der Waals surface area (Å²) in [6.07, 6.45) is 4.98. The summed E-state index contributed by atoms with van der Waals surface area (Å²) in [6.45, 7) is 6.63. The molecule has 0 aromatic rings. The third-order valence-corrected chi connectivity index (χ3v) is 4.04. The van der Waals surface area contributed by atoms with E-state index in [2.05, 4.69) is 11.9 Å². The zero-order chi connectivity index (χ0) is 13.1. The van der Waals surface area contributed by atoms with Crippen molar-refractivity contribution in [2.45, 2.75) is 57.8 Å². The number of likely N-dealkylation sites (N-methyl/N-ethyl adjacent to an activating group) is 1. The van der Waals surface area contributed by atoms with E-state index in [4.69, 9.17) is 4.74 Å². The van der Waals surface area contributed by atoms with Gasteiger partial charge < -0.3 is 9.64 Å². The van der Waals surface area contributed by atoms with Crippen LogP contribution < -0.4 is 0 Å². The number of carbonyl (C=O) groups is 1.